The molecule has 1 nitrogen and oxygen atoms in total. The number of hydrogen-bond acceptors (Lipinski definition) is 1. The fraction of sp³-hybridized carbons (Fsp3) is 0.636. The molecule has 1 unspecified atom stereocenters. The van der Waals surface area contributed by atoms with Crippen molar-refractivity contribution in [2.45, 2.75) is 38.7 Å². The molecule has 0 aromatic carbocycles. The molecule has 1 aliphatic carbocycles. The molecule has 0 saturated heterocycles. The van der Waals surface area contributed by atoms with Gasteiger partial charge in [-0.05, 0) is 26.2 Å². The lowest BCUT2D eigenvalue weighted by Gasteiger charge is -2.43. The molecule has 66 valence electrons. The van der Waals surface area contributed by atoms with Crippen LogP contribution in [0.15, 0.2) is 12.2 Å². The average molecular weight is 164 g/mol. The van der Waals surface area contributed by atoms with Gasteiger partial charge in [-0.25, -0.2) is 0 Å². The molecule has 1 fully saturated rings. The van der Waals surface area contributed by atoms with E-state index < -0.39 is 6.10 Å². The van der Waals surface area contributed by atoms with E-state index in [0.717, 1.165) is 19.3 Å². The van der Waals surface area contributed by atoms with Crippen LogP contribution in [0.4, 0.5) is 0 Å². The van der Waals surface area contributed by atoms with Gasteiger partial charge in [0, 0.05) is 5.41 Å². The van der Waals surface area contributed by atoms with E-state index in [0.29, 0.717) is 0 Å². The maximum Gasteiger partial charge on any atom is 0.120 e. The third kappa shape index (κ3) is 1.54. The van der Waals surface area contributed by atoms with E-state index in [1.807, 2.05) is 13.0 Å². The van der Waals surface area contributed by atoms with Crippen molar-refractivity contribution in [1.82, 2.24) is 0 Å². The second-order valence-corrected chi connectivity index (χ2v) is 3.56. The molecule has 0 aliphatic heterocycles. The van der Waals surface area contributed by atoms with Crippen molar-refractivity contribution >= 4 is 0 Å². The molecule has 1 heteroatoms. The first kappa shape index (κ1) is 9.35. The Bertz CT molecular complexity index is 206. The van der Waals surface area contributed by atoms with Crippen LogP contribution in [0.25, 0.3) is 0 Å². The fourth-order valence-corrected chi connectivity index (χ4v) is 1.75. The molecular formula is C11H16O. The fourth-order valence-electron chi connectivity index (χ4n) is 1.75. The summed E-state index contributed by atoms with van der Waals surface area (Å²) in [7, 11) is 0. The Morgan fingerprint density at radius 2 is 2.33 bits per heavy atom. The van der Waals surface area contributed by atoms with Crippen LogP contribution in [0.1, 0.15) is 32.6 Å². The summed E-state index contributed by atoms with van der Waals surface area (Å²) in [6.07, 6.45) is 13.1. The molecule has 0 aromatic heterocycles. The van der Waals surface area contributed by atoms with E-state index in [9.17, 15) is 5.11 Å². The third-order valence-electron chi connectivity index (χ3n) is 2.85. The highest BCUT2D eigenvalue weighted by Crippen LogP contribution is 2.46. The molecule has 12 heavy (non-hydrogen) atoms. The number of aliphatic hydroxyl groups is 1. The smallest absolute Gasteiger partial charge is 0.120 e. The number of allylic oxidation sites excluding steroid dienone is 2. The summed E-state index contributed by atoms with van der Waals surface area (Å²) in [6, 6.07) is 0. The zero-order valence-electron chi connectivity index (χ0n) is 7.59. The molecule has 0 radical (unpaired) electrons. The second kappa shape index (κ2) is 3.78. The number of rotatable bonds is 3. The normalized spacial score (nSPS) is 23.1. The van der Waals surface area contributed by atoms with E-state index in [1.165, 1.54) is 6.42 Å². The first-order valence-corrected chi connectivity index (χ1v) is 4.50. The molecular weight excluding hydrogens is 148 g/mol. The number of terminal acetylenes is 1. The van der Waals surface area contributed by atoms with Crippen LogP contribution in [0.3, 0.4) is 0 Å². The minimum atomic E-state index is -0.553. The van der Waals surface area contributed by atoms with Crippen LogP contribution in [0.5, 0.6) is 0 Å². The van der Waals surface area contributed by atoms with Crippen LogP contribution in [-0.4, -0.2) is 11.2 Å². The Morgan fingerprint density at radius 1 is 1.67 bits per heavy atom. The summed E-state index contributed by atoms with van der Waals surface area (Å²) in [5.74, 6) is 2.44. The van der Waals surface area contributed by atoms with Gasteiger partial charge in [0.05, 0.1) is 0 Å². The van der Waals surface area contributed by atoms with Gasteiger partial charge in [-0.15, -0.1) is 6.42 Å². The zero-order chi connectivity index (χ0) is 9.03. The van der Waals surface area contributed by atoms with Gasteiger partial charge in [-0.3, -0.25) is 0 Å². The molecule has 1 aliphatic rings. The Labute approximate surface area is 74.5 Å². The molecule has 0 amide bonds. The van der Waals surface area contributed by atoms with E-state index in [1.54, 1.807) is 0 Å². The minimum absolute atomic E-state index is 0.0151. The molecule has 0 aromatic rings. The van der Waals surface area contributed by atoms with Crippen LogP contribution < -0.4 is 0 Å². The van der Waals surface area contributed by atoms with Gasteiger partial charge in [-0.1, -0.05) is 24.5 Å². The van der Waals surface area contributed by atoms with Crippen molar-refractivity contribution < 1.29 is 5.11 Å². The van der Waals surface area contributed by atoms with Gasteiger partial charge < -0.3 is 5.11 Å². The quantitative estimate of drug-likeness (QED) is 0.500. The summed E-state index contributed by atoms with van der Waals surface area (Å²) >= 11 is 0. The average Bonchev–Trinajstić information content (AvgIpc) is 2.02. The Hall–Kier alpha value is -0.740. The highest BCUT2D eigenvalue weighted by atomic mass is 16.3. The van der Waals surface area contributed by atoms with Crippen LogP contribution >= 0.6 is 0 Å². The monoisotopic (exact) mass is 164 g/mol. The zero-order valence-corrected chi connectivity index (χ0v) is 7.59. The maximum atomic E-state index is 9.58. The lowest BCUT2D eigenvalue weighted by atomic mass is 9.63. The minimum Gasteiger partial charge on any atom is -0.380 e. The lowest BCUT2D eigenvalue weighted by molar-refractivity contribution is 0.00336. The Kier molecular flexibility index (Phi) is 2.94. The number of aliphatic hydroxyl groups excluding tert-OH is 1. The molecule has 0 spiro atoms. The predicted octanol–water partition coefficient (Wildman–Crippen LogP) is 2.12. The van der Waals surface area contributed by atoms with E-state index in [4.69, 9.17) is 6.42 Å². The summed E-state index contributed by atoms with van der Waals surface area (Å²) < 4.78 is 0. The first-order chi connectivity index (χ1) is 5.75. The highest BCUT2D eigenvalue weighted by molar-refractivity contribution is 5.09. The van der Waals surface area contributed by atoms with Crippen LogP contribution in [-0.2, 0) is 0 Å². The summed E-state index contributed by atoms with van der Waals surface area (Å²) in [6.45, 7) is 1.99. The Balaban J connectivity index is 2.57. The highest BCUT2D eigenvalue weighted by Gasteiger charge is 2.41. The van der Waals surface area contributed by atoms with Gasteiger partial charge in [0.1, 0.15) is 6.10 Å². The number of hydrogen-bond donors (Lipinski definition) is 1. The van der Waals surface area contributed by atoms with Crippen molar-refractivity contribution in [1.29, 1.82) is 0 Å². The van der Waals surface area contributed by atoms with Crippen molar-refractivity contribution in [3.05, 3.63) is 12.2 Å². The Morgan fingerprint density at radius 3 is 2.67 bits per heavy atom. The van der Waals surface area contributed by atoms with Gasteiger partial charge >= 0.3 is 0 Å². The van der Waals surface area contributed by atoms with Gasteiger partial charge in [-0.2, -0.15) is 0 Å². The SMILES string of the molecule is C#CC(O)C1(C/C=C\C)CCC1. The standard InChI is InChI=1S/C11H16O/c1-3-5-7-11(8-6-9-11)10(12)4-2/h2-3,5,10,12H,6-9H2,1H3/b5-3-. The van der Waals surface area contributed by atoms with Gasteiger partial charge in [0.2, 0.25) is 0 Å². The molecule has 0 heterocycles. The maximum absolute atomic E-state index is 9.58. The molecule has 1 saturated carbocycles. The van der Waals surface area contributed by atoms with Crippen molar-refractivity contribution in [2.75, 3.05) is 0 Å². The van der Waals surface area contributed by atoms with Crippen molar-refractivity contribution in [2.24, 2.45) is 5.41 Å². The van der Waals surface area contributed by atoms with Crippen molar-refractivity contribution in [3.8, 4) is 12.3 Å². The van der Waals surface area contributed by atoms with E-state index in [2.05, 4.69) is 12.0 Å². The second-order valence-electron chi connectivity index (χ2n) is 3.56. The van der Waals surface area contributed by atoms with Gasteiger partial charge in [0.25, 0.3) is 0 Å². The van der Waals surface area contributed by atoms with Crippen LogP contribution in [0.2, 0.25) is 0 Å². The van der Waals surface area contributed by atoms with Crippen molar-refractivity contribution in [3.63, 3.8) is 0 Å². The summed E-state index contributed by atoms with van der Waals surface area (Å²) in [4.78, 5) is 0. The molecule has 1 N–H and O–H groups in total. The third-order valence-corrected chi connectivity index (χ3v) is 2.85. The predicted molar refractivity (Wildman–Crippen MR) is 50.6 cm³/mol. The summed E-state index contributed by atoms with van der Waals surface area (Å²) in [5.41, 5.74) is 0.0151. The lowest BCUT2D eigenvalue weighted by Crippen LogP contribution is -2.40. The molecule has 1 rings (SSSR count). The largest absolute Gasteiger partial charge is 0.380 e. The van der Waals surface area contributed by atoms with Gasteiger partial charge in [0.15, 0.2) is 0 Å². The molecule has 1 atom stereocenters. The van der Waals surface area contributed by atoms with E-state index in [-0.39, 0.29) is 5.41 Å². The van der Waals surface area contributed by atoms with Crippen LogP contribution in [0, 0.1) is 17.8 Å². The topological polar surface area (TPSA) is 20.2 Å². The first-order valence-electron chi connectivity index (χ1n) is 4.50. The summed E-state index contributed by atoms with van der Waals surface area (Å²) in [5, 5.41) is 9.58. The molecule has 0 bridgehead atoms. The van der Waals surface area contributed by atoms with E-state index >= 15 is 0 Å².